The van der Waals surface area contributed by atoms with Gasteiger partial charge in [0.15, 0.2) is 0 Å². The molecular formula is C18H23N5O2. The highest BCUT2D eigenvalue weighted by atomic mass is 16.6. The molecule has 0 radical (unpaired) electrons. The van der Waals surface area contributed by atoms with E-state index in [1.54, 1.807) is 4.90 Å². The van der Waals surface area contributed by atoms with Crippen LogP contribution in [-0.2, 0) is 4.74 Å². The largest absolute Gasteiger partial charge is 0.444 e. The molecule has 0 unspecified atom stereocenters. The number of nitrogen functional groups attached to an aromatic ring is 1. The van der Waals surface area contributed by atoms with E-state index >= 15 is 0 Å². The minimum Gasteiger partial charge on any atom is -0.444 e. The molecule has 0 atom stereocenters. The first-order valence-electron chi connectivity index (χ1n) is 8.35. The van der Waals surface area contributed by atoms with Gasteiger partial charge in [-0.25, -0.2) is 14.8 Å². The lowest BCUT2D eigenvalue weighted by molar-refractivity contribution is 0.0189. The molecule has 1 aliphatic rings. The highest BCUT2D eigenvalue weighted by Gasteiger charge is 2.28. The van der Waals surface area contributed by atoms with Crippen LogP contribution in [0, 0.1) is 12.3 Å². The van der Waals surface area contributed by atoms with Crippen LogP contribution in [0.5, 0.6) is 0 Å². The van der Waals surface area contributed by atoms with Crippen LogP contribution in [0.4, 0.5) is 10.6 Å². The number of hydrogen-bond donors (Lipinski definition) is 1. The van der Waals surface area contributed by atoms with Crippen LogP contribution in [0.2, 0.25) is 0 Å². The number of nitrogens with zero attached hydrogens (tertiary/aromatic N) is 4. The highest BCUT2D eigenvalue weighted by molar-refractivity contribution is 5.92. The normalized spacial score (nSPS) is 16.0. The molecule has 7 heteroatoms. The SMILES string of the molecule is C#Cc1cn(C2CCN(C(=O)OC(C)(C)C)CC2)c2ncnc(N)c12. The molecule has 1 saturated heterocycles. The molecule has 3 rings (SSSR count). The second-order valence-corrected chi connectivity index (χ2v) is 7.25. The quantitative estimate of drug-likeness (QED) is 0.806. The van der Waals surface area contributed by atoms with Crippen LogP contribution < -0.4 is 5.73 Å². The number of hydrogen-bond acceptors (Lipinski definition) is 5. The minimum atomic E-state index is -0.485. The third-order valence-electron chi connectivity index (χ3n) is 4.30. The molecule has 2 N–H and O–H groups in total. The molecule has 0 aliphatic carbocycles. The van der Waals surface area contributed by atoms with E-state index in [1.165, 1.54) is 6.33 Å². The summed E-state index contributed by atoms with van der Waals surface area (Å²) in [4.78, 5) is 22.3. The molecule has 0 spiro atoms. The summed E-state index contributed by atoms with van der Waals surface area (Å²) in [7, 11) is 0. The molecule has 132 valence electrons. The van der Waals surface area contributed by atoms with Crippen molar-refractivity contribution in [2.24, 2.45) is 0 Å². The van der Waals surface area contributed by atoms with Gasteiger partial charge in [0.2, 0.25) is 0 Å². The smallest absolute Gasteiger partial charge is 0.410 e. The number of likely N-dealkylation sites (tertiary alicyclic amines) is 1. The zero-order chi connectivity index (χ0) is 18.2. The fourth-order valence-electron chi connectivity index (χ4n) is 3.15. The van der Waals surface area contributed by atoms with E-state index in [0.29, 0.717) is 24.5 Å². The number of amides is 1. The lowest BCUT2D eigenvalue weighted by atomic mass is 10.1. The lowest BCUT2D eigenvalue weighted by Crippen LogP contribution is -2.42. The van der Waals surface area contributed by atoms with Crippen molar-refractivity contribution in [1.29, 1.82) is 0 Å². The Morgan fingerprint density at radius 1 is 1.36 bits per heavy atom. The van der Waals surface area contributed by atoms with E-state index in [9.17, 15) is 4.79 Å². The molecule has 3 heterocycles. The number of nitrogens with two attached hydrogens (primary N) is 1. The topological polar surface area (TPSA) is 86.3 Å². The molecule has 1 fully saturated rings. The van der Waals surface area contributed by atoms with Gasteiger partial charge in [-0.1, -0.05) is 5.92 Å². The Kier molecular flexibility index (Phi) is 4.29. The number of rotatable bonds is 1. The first-order valence-corrected chi connectivity index (χ1v) is 8.35. The van der Waals surface area contributed by atoms with Gasteiger partial charge in [0.25, 0.3) is 0 Å². The summed E-state index contributed by atoms with van der Waals surface area (Å²) >= 11 is 0. The van der Waals surface area contributed by atoms with Crippen molar-refractivity contribution in [3.05, 3.63) is 18.1 Å². The second kappa shape index (κ2) is 6.28. The van der Waals surface area contributed by atoms with Gasteiger partial charge in [-0.2, -0.15) is 0 Å². The zero-order valence-electron chi connectivity index (χ0n) is 14.8. The van der Waals surface area contributed by atoms with Crippen LogP contribution in [0.25, 0.3) is 11.0 Å². The molecule has 2 aromatic heterocycles. The van der Waals surface area contributed by atoms with Crippen LogP contribution >= 0.6 is 0 Å². The predicted octanol–water partition coefficient (Wildman–Crippen LogP) is 2.57. The number of fused-ring (bicyclic) bond motifs is 1. The molecule has 25 heavy (non-hydrogen) atoms. The van der Waals surface area contributed by atoms with E-state index in [1.807, 2.05) is 27.0 Å². The Hall–Kier alpha value is -2.75. The third kappa shape index (κ3) is 3.38. The van der Waals surface area contributed by atoms with Crippen molar-refractivity contribution in [2.75, 3.05) is 18.8 Å². The summed E-state index contributed by atoms with van der Waals surface area (Å²) < 4.78 is 7.51. The summed E-state index contributed by atoms with van der Waals surface area (Å²) in [5.41, 5.74) is 6.92. The number of aromatic nitrogens is 3. The summed E-state index contributed by atoms with van der Waals surface area (Å²) in [6.45, 7) is 6.87. The Morgan fingerprint density at radius 3 is 2.64 bits per heavy atom. The Labute approximate surface area is 147 Å². The van der Waals surface area contributed by atoms with E-state index in [4.69, 9.17) is 16.9 Å². The van der Waals surface area contributed by atoms with Crippen LogP contribution in [-0.4, -0.2) is 44.2 Å². The van der Waals surface area contributed by atoms with Gasteiger partial charge in [0.1, 0.15) is 23.4 Å². The van der Waals surface area contributed by atoms with E-state index in [2.05, 4.69) is 20.5 Å². The number of ether oxygens (including phenoxy) is 1. The van der Waals surface area contributed by atoms with Gasteiger partial charge in [0, 0.05) is 25.3 Å². The monoisotopic (exact) mass is 341 g/mol. The number of carbonyl (C=O) groups is 1. The van der Waals surface area contributed by atoms with Gasteiger partial charge < -0.3 is 19.9 Å². The molecule has 0 bridgehead atoms. The molecule has 7 nitrogen and oxygen atoms in total. The number of piperidine rings is 1. The molecule has 2 aromatic rings. The molecule has 1 aliphatic heterocycles. The van der Waals surface area contributed by atoms with Gasteiger partial charge in [-0.3, -0.25) is 0 Å². The van der Waals surface area contributed by atoms with Crippen molar-refractivity contribution in [3.63, 3.8) is 0 Å². The summed E-state index contributed by atoms with van der Waals surface area (Å²) in [5.74, 6) is 3.05. The van der Waals surface area contributed by atoms with Crippen molar-refractivity contribution < 1.29 is 9.53 Å². The van der Waals surface area contributed by atoms with E-state index in [0.717, 1.165) is 23.9 Å². The molecule has 0 aromatic carbocycles. The van der Waals surface area contributed by atoms with E-state index in [-0.39, 0.29) is 12.1 Å². The third-order valence-corrected chi connectivity index (χ3v) is 4.30. The predicted molar refractivity (Wildman–Crippen MR) is 96.0 cm³/mol. The Bertz CT molecular complexity index is 835. The molecule has 1 amide bonds. The van der Waals surface area contributed by atoms with Crippen molar-refractivity contribution in [2.45, 2.75) is 45.3 Å². The molecular weight excluding hydrogens is 318 g/mol. The van der Waals surface area contributed by atoms with E-state index < -0.39 is 5.60 Å². The van der Waals surface area contributed by atoms with Crippen molar-refractivity contribution in [3.8, 4) is 12.3 Å². The average Bonchev–Trinajstić information content (AvgIpc) is 2.93. The van der Waals surface area contributed by atoms with Gasteiger partial charge >= 0.3 is 6.09 Å². The fraction of sp³-hybridized carbons (Fsp3) is 0.500. The summed E-state index contributed by atoms with van der Waals surface area (Å²) in [6, 6.07) is 0.206. The highest BCUT2D eigenvalue weighted by Crippen LogP contribution is 2.31. The van der Waals surface area contributed by atoms with Crippen LogP contribution in [0.15, 0.2) is 12.5 Å². The first-order chi connectivity index (χ1) is 11.8. The first kappa shape index (κ1) is 17.1. The van der Waals surface area contributed by atoms with Gasteiger partial charge in [0.05, 0.1) is 10.9 Å². The number of terminal acetylenes is 1. The summed E-state index contributed by atoms with van der Waals surface area (Å²) in [5, 5.41) is 0.722. The van der Waals surface area contributed by atoms with Crippen LogP contribution in [0.3, 0.4) is 0 Å². The second-order valence-electron chi connectivity index (χ2n) is 7.25. The fourth-order valence-corrected chi connectivity index (χ4v) is 3.15. The maximum absolute atomic E-state index is 12.2. The standard InChI is InChI=1S/C18H23N5O2/c1-5-12-10-23(16-14(12)15(19)20-11-21-16)13-6-8-22(9-7-13)17(24)25-18(2,3)4/h1,10-11,13H,6-9H2,2-4H3,(H2,19,20,21). The minimum absolute atomic E-state index is 0.206. The Morgan fingerprint density at radius 2 is 2.04 bits per heavy atom. The number of carbonyl (C=O) groups excluding carboxylic acids is 1. The van der Waals surface area contributed by atoms with Gasteiger partial charge in [-0.15, -0.1) is 6.42 Å². The molecule has 0 saturated carbocycles. The summed E-state index contributed by atoms with van der Waals surface area (Å²) in [6.07, 6.45) is 10.3. The number of anilines is 1. The maximum Gasteiger partial charge on any atom is 0.410 e. The zero-order valence-corrected chi connectivity index (χ0v) is 14.8. The Balaban J connectivity index is 1.78. The maximum atomic E-state index is 12.2. The van der Waals surface area contributed by atoms with Crippen LogP contribution in [0.1, 0.15) is 45.2 Å². The average molecular weight is 341 g/mol. The van der Waals surface area contributed by atoms with Gasteiger partial charge in [-0.05, 0) is 33.6 Å². The van der Waals surface area contributed by atoms with Crippen molar-refractivity contribution in [1.82, 2.24) is 19.4 Å². The lowest BCUT2D eigenvalue weighted by Gasteiger charge is -2.34. The van der Waals surface area contributed by atoms with Crippen molar-refractivity contribution >= 4 is 22.9 Å².